The van der Waals surface area contributed by atoms with Crippen LogP contribution in [0.5, 0.6) is 23.0 Å². The topological polar surface area (TPSA) is 275 Å². The Balaban J connectivity index is 0.00000291. The molecule has 0 radical (unpaired) electrons. The van der Waals surface area contributed by atoms with Gasteiger partial charge >= 0.3 is 5.97 Å². The fourth-order valence-corrected chi connectivity index (χ4v) is 5.80. The first-order valence-corrected chi connectivity index (χ1v) is 18.6. The maximum Gasteiger partial charge on any atom is 0.339 e. The van der Waals surface area contributed by atoms with E-state index in [1.807, 2.05) is 0 Å². The molecule has 5 rings (SSSR count). The smallest absolute Gasteiger partial charge is 0.339 e. The number of halogens is 1. The van der Waals surface area contributed by atoms with Gasteiger partial charge in [0, 0.05) is 35.0 Å². The van der Waals surface area contributed by atoms with Gasteiger partial charge in [-0.15, -0.1) is 0 Å². The summed E-state index contributed by atoms with van der Waals surface area (Å²) in [6.07, 6.45) is 0. The van der Waals surface area contributed by atoms with Crippen molar-refractivity contribution in [3.63, 3.8) is 0 Å². The number of hydrogen-bond donors (Lipinski definition) is 8. The second-order valence-corrected chi connectivity index (χ2v) is 13.0. The van der Waals surface area contributed by atoms with Crippen LogP contribution in [-0.2, 0) is 14.3 Å². The van der Waals surface area contributed by atoms with Crippen LogP contribution in [0.25, 0.3) is 5.57 Å². The van der Waals surface area contributed by atoms with Crippen molar-refractivity contribution in [3.05, 3.63) is 136 Å². The monoisotopic (exact) mass is 876 g/mol. The van der Waals surface area contributed by atoms with Gasteiger partial charge in [0.2, 0.25) is 5.91 Å². The van der Waals surface area contributed by atoms with Crippen molar-refractivity contribution in [1.29, 1.82) is 5.26 Å². The zero-order valence-corrected chi connectivity index (χ0v) is 34.8. The van der Waals surface area contributed by atoms with Gasteiger partial charge in [0.15, 0.2) is 28.8 Å². The number of nitrogens with one attached hydrogen (secondary N) is 5. The van der Waals surface area contributed by atoms with E-state index in [9.17, 15) is 48.5 Å². The van der Waals surface area contributed by atoms with Crippen molar-refractivity contribution in [3.8, 4) is 29.1 Å². The van der Waals surface area contributed by atoms with Gasteiger partial charge in [-0.1, -0.05) is 12.1 Å². The first-order valence-electron chi connectivity index (χ1n) is 18.6. The van der Waals surface area contributed by atoms with Gasteiger partial charge in [-0.2, -0.15) is 5.26 Å². The summed E-state index contributed by atoms with van der Waals surface area (Å²) >= 11 is 0. The molecule has 0 atom stereocenters. The highest BCUT2D eigenvalue weighted by Gasteiger charge is 2.24. The first kappa shape index (κ1) is 47.8. The Morgan fingerprint density at radius 1 is 0.625 bits per heavy atom. The number of nitrogens with zero attached hydrogens (tertiary/aromatic N) is 1. The Hall–Kier alpha value is -8.92. The molecule has 0 spiro atoms. The van der Waals surface area contributed by atoms with Crippen LogP contribution in [0.15, 0.2) is 103 Å². The predicted octanol–water partition coefficient (Wildman–Crippen LogP) is 6.37. The van der Waals surface area contributed by atoms with Crippen molar-refractivity contribution in [2.75, 3.05) is 49.1 Å². The second kappa shape index (κ2) is 22.1. The van der Waals surface area contributed by atoms with Gasteiger partial charge in [0.25, 0.3) is 23.6 Å². The van der Waals surface area contributed by atoms with Crippen LogP contribution in [0.1, 0.15) is 60.8 Å². The number of aromatic hydroxyl groups is 2. The number of methoxy groups -OCH3 is 3. The zero-order chi connectivity index (χ0) is 47.1. The van der Waals surface area contributed by atoms with Gasteiger partial charge in [-0.05, 0) is 97.4 Å². The summed E-state index contributed by atoms with van der Waals surface area (Å²) in [4.78, 5) is 75.8. The molecule has 0 saturated carbocycles. The lowest BCUT2D eigenvalue weighted by Crippen LogP contribution is -2.32. The summed E-state index contributed by atoms with van der Waals surface area (Å²) in [6.45, 7) is 2.70. The summed E-state index contributed by atoms with van der Waals surface area (Å²) in [7, 11) is 3.70. The van der Waals surface area contributed by atoms with Crippen LogP contribution in [0.2, 0.25) is 0 Å². The van der Waals surface area contributed by atoms with E-state index in [0.29, 0.717) is 22.5 Å². The van der Waals surface area contributed by atoms with Crippen LogP contribution < -0.4 is 36.1 Å². The highest BCUT2D eigenvalue weighted by Crippen LogP contribution is 2.40. The number of nitriles is 1. The van der Waals surface area contributed by atoms with Gasteiger partial charge in [0.1, 0.15) is 11.4 Å². The molecule has 0 aliphatic rings. The molecule has 5 aromatic rings. The van der Waals surface area contributed by atoms with Crippen molar-refractivity contribution >= 4 is 63.8 Å². The van der Waals surface area contributed by atoms with Crippen LogP contribution in [-0.4, -0.2) is 78.7 Å². The normalized spacial score (nSPS) is 10.6. The number of carboxylic acid groups (broad SMARTS) is 1. The molecular formula is C45H41FN6O12. The summed E-state index contributed by atoms with van der Waals surface area (Å²) < 4.78 is 28.9. The molecular weight excluding hydrogens is 836 g/mol. The Labute approximate surface area is 364 Å². The van der Waals surface area contributed by atoms with Gasteiger partial charge in [0.05, 0.1) is 50.9 Å². The third-order valence-corrected chi connectivity index (χ3v) is 8.92. The minimum absolute atomic E-state index is 0.00100. The Morgan fingerprint density at radius 3 is 1.58 bits per heavy atom. The SMILES string of the molecule is CC#N.CO/C(C(=O)Nc1ccc(C(=O)NCC(=O)Nc2ccc(C(=O)Nc3ccc(C(=O)Nc4ccc(C(=O)O)c(O)c4OC)c(O)c3OC)cc2)cc1)=C(/C)c1ccc(F)cc1. The molecule has 18 nitrogen and oxygen atoms in total. The van der Waals surface area contributed by atoms with Crippen molar-refractivity contribution in [2.45, 2.75) is 13.8 Å². The number of carbonyl (C=O) groups excluding carboxylic acids is 5. The van der Waals surface area contributed by atoms with E-state index >= 15 is 0 Å². The molecule has 0 heterocycles. The zero-order valence-electron chi connectivity index (χ0n) is 34.8. The number of aromatic carboxylic acids is 1. The number of amides is 5. The molecule has 0 unspecified atom stereocenters. The fourth-order valence-electron chi connectivity index (χ4n) is 5.80. The molecule has 8 N–H and O–H groups in total. The minimum Gasteiger partial charge on any atom is -0.504 e. The highest BCUT2D eigenvalue weighted by molar-refractivity contribution is 6.11. The molecule has 0 bridgehead atoms. The molecule has 5 amide bonds. The van der Waals surface area contributed by atoms with E-state index < -0.39 is 64.9 Å². The van der Waals surface area contributed by atoms with Gasteiger partial charge < -0.3 is 56.1 Å². The summed E-state index contributed by atoms with van der Waals surface area (Å²) in [5.41, 5.74) is 1.27. The number of phenols is 2. The van der Waals surface area contributed by atoms with Crippen LogP contribution in [0.4, 0.5) is 27.1 Å². The van der Waals surface area contributed by atoms with E-state index in [-0.39, 0.29) is 45.3 Å². The number of phenolic OH excluding ortho intramolecular Hbond substituents is 1. The predicted molar refractivity (Wildman–Crippen MR) is 232 cm³/mol. The quantitative estimate of drug-likeness (QED) is 0.0420. The molecule has 19 heteroatoms. The summed E-state index contributed by atoms with van der Waals surface area (Å²) in [6, 6.07) is 23.7. The maximum absolute atomic E-state index is 13.3. The largest absolute Gasteiger partial charge is 0.504 e. The van der Waals surface area contributed by atoms with Gasteiger partial charge in [-0.25, -0.2) is 9.18 Å². The Kier molecular flexibility index (Phi) is 16.5. The third-order valence-electron chi connectivity index (χ3n) is 8.92. The lowest BCUT2D eigenvalue weighted by molar-refractivity contribution is -0.116. The van der Waals surface area contributed by atoms with Gasteiger partial charge in [-0.3, -0.25) is 24.0 Å². The van der Waals surface area contributed by atoms with Crippen molar-refractivity contribution in [1.82, 2.24) is 5.32 Å². The average molecular weight is 877 g/mol. The highest BCUT2D eigenvalue weighted by atomic mass is 19.1. The Bertz CT molecular complexity index is 2640. The first-order chi connectivity index (χ1) is 30.6. The van der Waals surface area contributed by atoms with Crippen LogP contribution >= 0.6 is 0 Å². The number of ether oxygens (including phenoxy) is 3. The molecule has 64 heavy (non-hydrogen) atoms. The number of carboxylic acids is 1. The fraction of sp³-hybridized carbons (Fsp3) is 0.133. The Morgan fingerprint density at radius 2 is 1.08 bits per heavy atom. The molecule has 0 aromatic heterocycles. The molecule has 330 valence electrons. The molecule has 0 aliphatic carbocycles. The van der Waals surface area contributed by atoms with Crippen molar-refractivity contribution in [2.24, 2.45) is 0 Å². The average Bonchev–Trinajstić information content (AvgIpc) is 3.27. The number of benzene rings is 5. The molecule has 0 fully saturated rings. The lowest BCUT2D eigenvalue weighted by atomic mass is 10.1. The molecule has 0 saturated heterocycles. The summed E-state index contributed by atoms with van der Waals surface area (Å²) in [5.74, 6) is -6.96. The third kappa shape index (κ3) is 11.9. The van der Waals surface area contributed by atoms with E-state index in [1.54, 1.807) is 13.0 Å². The molecule has 0 aliphatic heterocycles. The maximum atomic E-state index is 13.3. The number of carbonyl (C=O) groups is 6. The lowest BCUT2D eigenvalue weighted by Gasteiger charge is -2.16. The van der Waals surface area contributed by atoms with E-state index in [4.69, 9.17) is 19.5 Å². The summed E-state index contributed by atoms with van der Waals surface area (Å²) in [5, 5.41) is 50.5. The minimum atomic E-state index is -1.42. The second-order valence-electron chi connectivity index (χ2n) is 13.0. The number of rotatable bonds is 15. The number of allylic oxidation sites excluding steroid dienone is 1. The van der Waals surface area contributed by atoms with Crippen LogP contribution in [0, 0.1) is 17.1 Å². The number of anilines is 4. The molecule has 5 aromatic carbocycles. The van der Waals surface area contributed by atoms with Crippen molar-refractivity contribution < 1.29 is 62.7 Å². The van der Waals surface area contributed by atoms with E-state index in [2.05, 4.69) is 26.6 Å². The van der Waals surface area contributed by atoms with E-state index in [1.165, 1.54) is 112 Å². The van der Waals surface area contributed by atoms with E-state index in [0.717, 1.165) is 13.2 Å². The van der Waals surface area contributed by atoms with Crippen LogP contribution in [0.3, 0.4) is 0 Å². The number of hydrogen-bond acceptors (Lipinski definition) is 12. The standard InChI is InChI=1S/C43H38FN5O12.C2H3N/c1-22(23-5-11-26(44)12-6-23)36(59-2)42(56)47-28-15-7-24(8-16-28)39(53)45-21-33(50)46-27-13-9-25(10-14-27)40(54)48-31-19-17-29(34(51)37(31)60-3)41(55)49-32-20-18-30(43(57)58)35(52)38(32)61-4;1-2-3/h5-20,51-52H,21H2,1-4H3,(H,45,53)(H,46,50)(H,47,56)(H,48,54)(H,49,55)(H,57,58);1H3/b36-22-;.